The van der Waals surface area contributed by atoms with Gasteiger partial charge in [0.1, 0.15) is 11.6 Å². The van der Waals surface area contributed by atoms with Crippen molar-refractivity contribution in [2.24, 2.45) is 0 Å². The van der Waals surface area contributed by atoms with E-state index in [4.69, 9.17) is 5.73 Å². The van der Waals surface area contributed by atoms with E-state index in [2.05, 4.69) is 29.1 Å². The average molecular weight is 256 g/mol. The number of rotatable bonds is 7. The molecule has 0 aliphatic rings. The first kappa shape index (κ1) is 14.1. The largest absolute Gasteiger partial charge is 0.383 e. The molecule has 0 saturated carbocycles. The van der Waals surface area contributed by atoms with Crippen molar-refractivity contribution in [2.75, 3.05) is 23.8 Å². The summed E-state index contributed by atoms with van der Waals surface area (Å²) in [6, 6.07) is 1.75. The fourth-order valence-corrected chi connectivity index (χ4v) is 2.14. The molecule has 0 aromatic carbocycles. The Kier molecular flexibility index (Phi) is 6.07. The highest BCUT2D eigenvalue weighted by Gasteiger charge is 2.02. The van der Waals surface area contributed by atoms with Crippen molar-refractivity contribution in [3.8, 4) is 0 Å². The first-order chi connectivity index (χ1) is 8.11. The second-order valence-corrected chi connectivity index (χ2v) is 5.20. The maximum absolute atomic E-state index is 11.2. The maximum Gasteiger partial charge on any atom is 0.252 e. The third kappa shape index (κ3) is 5.74. The number of anilines is 1. The van der Waals surface area contributed by atoms with Crippen LogP contribution in [-0.2, 0) is 6.42 Å². The van der Waals surface area contributed by atoms with Gasteiger partial charge in [-0.1, -0.05) is 6.92 Å². The zero-order valence-electron chi connectivity index (χ0n) is 10.3. The molecule has 0 amide bonds. The number of hydrogen-bond acceptors (Lipinski definition) is 5. The van der Waals surface area contributed by atoms with Crippen LogP contribution in [0.25, 0.3) is 0 Å². The molecule has 1 heterocycles. The van der Waals surface area contributed by atoms with Crippen molar-refractivity contribution in [3.05, 3.63) is 22.2 Å². The number of nitrogens with zero attached hydrogens (tertiary/aromatic N) is 1. The van der Waals surface area contributed by atoms with Crippen molar-refractivity contribution in [3.63, 3.8) is 0 Å². The van der Waals surface area contributed by atoms with E-state index in [1.165, 1.54) is 6.07 Å². The number of aromatic amines is 1. The summed E-state index contributed by atoms with van der Waals surface area (Å²) in [4.78, 5) is 17.9. The summed E-state index contributed by atoms with van der Waals surface area (Å²) in [7, 11) is 0. The van der Waals surface area contributed by atoms with Gasteiger partial charge in [0.15, 0.2) is 0 Å². The van der Waals surface area contributed by atoms with Gasteiger partial charge >= 0.3 is 0 Å². The highest BCUT2D eigenvalue weighted by atomic mass is 32.2. The molecule has 5 nitrogen and oxygen atoms in total. The number of nitrogens with two attached hydrogens (primary N) is 1. The summed E-state index contributed by atoms with van der Waals surface area (Å²) < 4.78 is 0. The van der Waals surface area contributed by atoms with Crippen LogP contribution in [0, 0.1) is 0 Å². The Labute approximate surface area is 106 Å². The molecule has 1 aromatic rings. The molecular weight excluding hydrogens is 236 g/mol. The first-order valence-electron chi connectivity index (χ1n) is 5.78. The van der Waals surface area contributed by atoms with E-state index in [1.54, 1.807) is 0 Å². The van der Waals surface area contributed by atoms with Crippen molar-refractivity contribution in [1.29, 1.82) is 0 Å². The third-order valence-corrected chi connectivity index (χ3v) is 3.38. The average Bonchev–Trinajstić information content (AvgIpc) is 2.25. The molecule has 6 heteroatoms. The fraction of sp³-hybridized carbons (Fsp3) is 0.636. The van der Waals surface area contributed by atoms with Crippen LogP contribution in [-0.4, -0.2) is 34.1 Å². The fourth-order valence-electron chi connectivity index (χ4n) is 1.44. The predicted octanol–water partition coefficient (Wildman–Crippen LogP) is 0.626. The van der Waals surface area contributed by atoms with E-state index in [1.807, 2.05) is 11.8 Å². The first-order valence-corrected chi connectivity index (χ1v) is 6.94. The van der Waals surface area contributed by atoms with E-state index in [9.17, 15) is 4.79 Å². The normalized spacial score (nSPS) is 12.6. The van der Waals surface area contributed by atoms with Gasteiger partial charge in [-0.3, -0.25) is 4.79 Å². The van der Waals surface area contributed by atoms with Crippen LogP contribution in [0.4, 0.5) is 5.82 Å². The van der Waals surface area contributed by atoms with Gasteiger partial charge in [-0.2, -0.15) is 11.8 Å². The Hall–Kier alpha value is -1.01. The molecule has 1 aromatic heterocycles. The van der Waals surface area contributed by atoms with Gasteiger partial charge in [-0.25, -0.2) is 4.98 Å². The van der Waals surface area contributed by atoms with Gasteiger partial charge in [0.2, 0.25) is 0 Å². The molecule has 1 rings (SSSR count). The lowest BCUT2D eigenvalue weighted by molar-refractivity contribution is 0.589. The molecular formula is C11H20N4OS. The monoisotopic (exact) mass is 256 g/mol. The second kappa shape index (κ2) is 7.34. The number of nitrogens with one attached hydrogen (secondary N) is 2. The standard InChI is InChI=1S/C11H20N4OS/c1-3-17-7-8(2)13-5-4-10-14-9(12)6-11(16)15-10/h6,8,13H,3-5,7H2,1-2H3,(H3,12,14,15,16)/t8-/m0/s1. The number of H-pyrrole nitrogens is 1. The number of thioether (sulfide) groups is 1. The Morgan fingerprint density at radius 2 is 2.41 bits per heavy atom. The molecule has 0 bridgehead atoms. The van der Waals surface area contributed by atoms with E-state index in [-0.39, 0.29) is 11.4 Å². The van der Waals surface area contributed by atoms with Crippen LogP contribution >= 0.6 is 11.8 Å². The van der Waals surface area contributed by atoms with E-state index >= 15 is 0 Å². The van der Waals surface area contributed by atoms with Gasteiger partial charge in [0.05, 0.1) is 0 Å². The van der Waals surface area contributed by atoms with Crippen LogP contribution in [0.2, 0.25) is 0 Å². The minimum Gasteiger partial charge on any atom is -0.383 e. The molecule has 0 aliphatic carbocycles. The smallest absolute Gasteiger partial charge is 0.252 e. The molecule has 0 radical (unpaired) electrons. The van der Waals surface area contributed by atoms with Gasteiger partial charge in [0, 0.05) is 30.8 Å². The Morgan fingerprint density at radius 3 is 3.06 bits per heavy atom. The molecule has 0 spiro atoms. The number of hydrogen-bond donors (Lipinski definition) is 3. The van der Waals surface area contributed by atoms with Crippen LogP contribution in [0.3, 0.4) is 0 Å². The third-order valence-electron chi connectivity index (χ3n) is 2.24. The highest BCUT2D eigenvalue weighted by molar-refractivity contribution is 7.99. The van der Waals surface area contributed by atoms with Crippen LogP contribution in [0.15, 0.2) is 10.9 Å². The number of nitrogen functional groups attached to an aromatic ring is 1. The van der Waals surface area contributed by atoms with Gasteiger partial charge in [-0.15, -0.1) is 0 Å². The van der Waals surface area contributed by atoms with Gasteiger partial charge in [-0.05, 0) is 12.7 Å². The second-order valence-electron chi connectivity index (χ2n) is 3.88. The molecule has 1 atom stereocenters. The Balaban J connectivity index is 2.33. The molecule has 17 heavy (non-hydrogen) atoms. The lowest BCUT2D eigenvalue weighted by atomic mass is 10.3. The molecule has 0 aliphatic heterocycles. The highest BCUT2D eigenvalue weighted by Crippen LogP contribution is 2.01. The van der Waals surface area contributed by atoms with Crippen molar-refractivity contribution < 1.29 is 0 Å². The Bertz CT molecular complexity index is 393. The number of aromatic nitrogens is 2. The van der Waals surface area contributed by atoms with E-state index < -0.39 is 0 Å². The van der Waals surface area contributed by atoms with Gasteiger partial charge < -0.3 is 16.0 Å². The summed E-state index contributed by atoms with van der Waals surface area (Å²) >= 11 is 1.91. The summed E-state index contributed by atoms with van der Waals surface area (Å²) in [6.45, 7) is 5.09. The van der Waals surface area contributed by atoms with Crippen LogP contribution in [0.1, 0.15) is 19.7 Å². The molecule has 0 fully saturated rings. The maximum atomic E-state index is 11.2. The lowest BCUT2D eigenvalue weighted by Gasteiger charge is -2.12. The summed E-state index contributed by atoms with van der Waals surface area (Å²) in [6.07, 6.45) is 0.682. The van der Waals surface area contributed by atoms with Crippen molar-refractivity contribution >= 4 is 17.6 Å². The zero-order valence-corrected chi connectivity index (χ0v) is 11.1. The van der Waals surface area contributed by atoms with E-state index in [0.29, 0.717) is 18.3 Å². The molecule has 96 valence electrons. The quantitative estimate of drug-likeness (QED) is 0.666. The van der Waals surface area contributed by atoms with Crippen LogP contribution in [0.5, 0.6) is 0 Å². The lowest BCUT2D eigenvalue weighted by Crippen LogP contribution is -2.30. The molecule has 0 unspecified atom stereocenters. The van der Waals surface area contributed by atoms with E-state index in [0.717, 1.165) is 18.1 Å². The van der Waals surface area contributed by atoms with Crippen molar-refractivity contribution in [1.82, 2.24) is 15.3 Å². The minimum absolute atomic E-state index is 0.193. The summed E-state index contributed by atoms with van der Waals surface area (Å²) in [5.41, 5.74) is 5.31. The van der Waals surface area contributed by atoms with Crippen LogP contribution < -0.4 is 16.6 Å². The summed E-state index contributed by atoms with van der Waals surface area (Å²) in [5.74, 6) is 3.14. The predicted molar refractivity (Wildman–Crippen MR) is 73.4 cm³/mol. The SMILES string of the molecule is CCSC[C@H](C)NCCc1nc(N)cc(=O)[nH]1. The summed E-state index contributed by atoms with van der Waals surface area (Å²) in [5, 5.41) is 3.38. The molecule has 0 saturated heterocycles. The zero-order chi connectivity index (χ0) is 12.7. The van der Waals surface area contributed by atoms with Gasteiger partial charge in [0.25, 0.3) is 5.56 Å². The minimum atomic E-state index is -0.193. The Morgan fingerprint density at radius 1 is 1.65 bits per heavy atom. The topological polar surface area (TPSA) is 83.8 Å². The van der Waals surface area contributed by atoms with Crippen molar-refractivity contribution in [2.45, 2.75) is 26.3 Å². The molecule has 4 N–H and O–H groups in total.